The fourth-order valence-corrected chi connectivity index (χ4v) is 4.54. The van der Waals surface area contributed by atoms with Gasteiger partial charge in [0.05, 0.1) is 23.1 Å². The van der Waals surface area contributed by atoms with E-state index < -0.39 is 11.0 Å². The first-order valence-electron chi connectivity index (χ1n) is 11.4. The lowest BCUT2D eigenvalue weighted by atomic mass is 10.1. The molecule has 9 heteroatoms. The van der Waals surface area contributed by atoms with Crippen molar-refractivity contribution in [3.8, 4) is 11.5 Å². The highest BCUT2D eigenvalue weighted by molar-refractivity contribution is 6.22. The lowest BCUT2D eigenvalue weighted by Crippen LogP contribution is -2.52. The van der Waals surface area contributed by atoms with Crippen molar-refractivity contribution in [2.24, 2.45) is 0 Å². The third kappa shape index (κ3) is 4.71. The Morgan fingerprint density at radius 3 is 2.00 bits per heavy atom. The van der Waals surface area contributed by atoms with Gasteiger partial charge >= 0.3 is 0 Å². The predicted octanol–water partition coefficient (Wildman–Crippen LogP) is 3.84. The summed E-state index contributed by atoms with van der Waals surface area (Å²) in [7, 11) is 0. The molecule has 5 rings (SSSR count). The molecule has 1 atom stereocenters. The molecule has 2 heterocycles. The Morgan fingerprint density at radius 1 is 0.771 bits per heavy atom. The van der Waals surface area contributed by atoms with E-state index in [0.717, 1.165) is 5.69 Å². The quantitative estimate of drug-likeness (QED) is 0.306. The van der Waals surface area contributed by atoms with Gasteiger partial charge in [-0.2, -0.15) is 0 Å². The molecule has 2 amide bonds. The van der Waals surface area contributed by atoms with E-state index in [0.29, 0.717) is 43.4 Å². The van der Waals surface area contributed by atoms with Crippen LogP contribution in [0.25, 0.3) is 0 Å². The number of carbonyl (C=O) groups is 2. The fraction of sp³-hybridized carbons (Fsp3) is 0.231. The number of carbonyl (C=O) groups excluding carboxylic acids is 2. The van der Waals surface area contributed by atoms with Gasteiger partial charge in [0.2, 0.25) is 5.91 Å². The summed E-state index contributed by atoms with van der Waals surface area (Å²) in [5.74, 6) is 0.907. The van der Waals surface area contributed by atoms with Crippen LogP contribution in [0.3, 0.4) is 0 Å². The average Bonchev–Trinajstić information content (AvgIpc) is 3.19. The molecule has 35 heavy (non-hydrogen) atoms. The predicted molar refractivity (Wildman–Crippen MR) is 131 cm³/mol. The van der Waals surface area contributed by atoms with Crippen LogP contribution in [0.15, 0.2) is 78.9 Å². The van der Waals surface area contributed by atoms with Gasteiger partial charge in [0.1, 0.15) is 11.5 Å². The average molecular weight is 473 g/mol. The molecule has 178 valence electrons. The molecule has 0 aromatic heterocycles. The van der Waals surface area contributed by atoms with Gasteiger partial charge < -0.3 is 9.64 Å². The lowest BCUT2D eigenvalue weighted by molar-refractivity contribution is -0.384. The number of nitro benzene ring substituents is 1. The van der Waals surface area contributed by atoms with Gasteiger partial charge in [-0.15, -0.1) is 0 Å². The van der Waals surface area contributed by atoms with E-state index >= 15 is 0 Å². The Labute approximate surface area is 202 Å². The SMILES string of the molecule is O=C1C[C@@H](N2CCN(c3ccc([N+](=O)[O-])cc3)CC2)C(=O)N1c1ccc(Oc2ccccc2)cc1. The first-order chi connectivity index (χ1) is 17.0. The topological polar surface area (TPSA) is 96.2 Å². The van der Waals surface area contributed by atoms with E-state index in [9.17, 15) is 19.7 Å². The molecule has 9 nitrogen and oxygen atoms in total. The lowest BCUT2D eigenvalue weighted by Gasteiger charge is -2.38. The molecule has 3 aromatic rings. The number of imide groups is 1. The number of non-ortho nitro benzene ring substituents is 1. The van der Waals surface area contributed by atoms with Gasteiger partial charge in [0.15, 0.2) is 0 Å². The summed E-state index contributed by atoms with van der Waals surface area (Å²) in [6, 6.07) is 22.3. The molecule has 2 saturated heterocycles. The zero-order valence-electron chi connectivity index (χ0n) is 18.9. The van der Waals surface area contributed by atoms with E-state index in [1.165, 1.54) is 17.0 Å². The number of anilines is 2. The highest BCUT2D eigenvalue weighted by Crippen LogP contribution is 2.30. The Morgan fingerprint density at radius 2 is 1.37 bits per heavy atom. The third-order valence-electron chi connectivity index (χ3n) is 6.38. The molecule has 0 saturated carbocycles. The van der Waals surface area contributed by atoms with Crippen molar-refractivity contribution in [1.82, 2.24) is 4.90 Å². The molecule has 0 N–H and O–H groups in total. The van der Waals surface area contributed by atoms with Crippen molar-refractivity contribution in [2.45, 2.75) is 12.5 Å². The Hall–Kier alpha value is -4.24. The first-order valence-corrected chi connectivity index (χ1v) is 11.4. The number of ether oxygens (including phenoxy) is 1. The molecule has 0 aliphatic carbocycles. The standard InChI is InChI=1S/C26H24N4O5/c31-25-18-24(28-16-14-27(15-17-28)19-6-8-21(9-7-19)30(33)34)26(32)29(25)20-10-12-23(13-11-20)35-22-4-2-1-3-5-22/h1-13,24H,14-18H2/t24-/m1/s1. The number of amides is 2. The van der Waals surface area contributed by atoms with Crippen LogP contribution in [0.4, 0.5) is 17.1 Å². The molecule has 0 unspecified atom stereocenters. The van der Waals surface area contributed by atoms with E-state index in [4.69, 9.17) is 4.74 Å². The third-order valence-corrected chi connectivity index (χ3v) is 6.38. The Balaban J connectivity index is 1.21. The molecule has 2 aliphatic rings. The van der Waals surface area contributed by atoms with E-state index in [1.54, 1.807) is 36.4 Å². The summed E-state index contributed by atoms with van der Waals surface area (Å²) >= 11 is 0. The molecule has 3 aromatic carbocycles. The van der Waals surface area contributed by atoms with Crippen molar-refractivity contribution in [1.29, 1.82) is 0 Å². The second kappa shape index (κ2) is 9.55. The van der Waals surface area contributed by atoms with Crippen LogP contribution in [0.2, 0.25) is 0 Å². The number of benzene rings is 3. The van der Waals surface area contributed by atoms with Crippen LogP contribution in [0.5, 0.6) is 11.5 Å². The van der Waals surface area contributed by atoms with Gasteiger partial charge in [0, 0.05) is 44.0 Å². The monoisotopic (exact) mass is 472 g/mol. The van der Waals surface area contributed by atoms with Crippen LogP contribution in [-0.2, 0) is 9.59 Å². The van der Waals surface area contributed by atoms with Crippen molar-refractivity contribution >= 4 is 28.9 Å². The number of hydrogen-bond donors (Lipinski definition) is 0. The molecule has 2 aliphatic heterocycles. The molecule has 0 spiro atoms. The second-order valence-electron chi connectivity index (χ2n) is 8.49. The number of piperazine rings is 1. The second-order valence-corrected chi connectivity index (χ2v) is 8.49. The van der Waals surface area contributed by atoms with Gasteiger partial charge in [-0.05, 0) is 48.5 Å². The smallest absolute Gasteiger partial charge is 0.269 e. The maximum atomic E-state index is 13.2. The van der Waals surface area contributed by atoms with E-state index in [-0.39, 0.29) is 23.9 Å². The van der Waals surface area contributed by atoms with Crippen molar-refractivity contribution in [3.63, 3.8) is 0 Å². The van der Waals surface area contributed by atoms with Crippen LogP contribution in [-0.4, -0.2) is 53.9 Å². The Kier molecular flexibility index (Phi) is 6.15. The van der Waals surface area contributed by atoms with Crippen LogP contribution < -0.4 is 14.5 Å². The van der Waals surface area contributed by atoms with Crippen LogP contribution >= 0.6 is 0 Å². The fourth-order valence-electron chi connectivity index (χ4n) is 4.54. The number of para-hydroxylation sites is 1. The minimum Gasteiger partial charge on any atom is -0.457 e. The van der Waals surface area contributed by atoms with Crippen LogP contribution in [0, 0.1) is 10.1 Å². The molecule has 0 bridgehead atoms. The Bertz CT molecular complexity index is 1220. The van der Waals surface area contributed by atoms with Gasteiger partial charge in [-0.25, -0.2) is 4.90 Å². The summed E-state index contributed by atoms with van der Waals surface area (Å²) in [6.07, 6.45) is 0.151. The molecular weight excluding hydrogens is 448 g/mol. The summed E-state index contributed by atoms with van der Waals surface area (Å²) in [4.78, 5) is 41.9. The normalized spacial score (nSPS) is 18.7. The van der Waals surface area contributed by atoms with E-state index in [1.807, 2.05) is 30.3 Å². The first kappa shape index (κ1) is 22.5. The highest BCUT2D eigenvalue weighted by Gasteiger charge is 2.43. The minimum absolute atomic E-state index is 0.0576. The molecule has 2 fully saturated rings. The van der Waals surface area contributed by atoms with Crippen molar-refractivity contribution in [3.05, 3.63) is 89.0 Å². The summed E-state index contributed by atoms with van der Waals surface area (Å²) < 4.78 is 5.80. The maximum absolute atomic E-state index is 13.2. The number of nitro groups is 1. The van der Waals surface area contributed by atoms with Gasteiger partial charge in [-0.1, -0.05) is 18.2 Å². The largest absolute Gasteiger partial charge is 0.457 e. The summed E-state index contributed by atoms with van der Waals surface area (Å²) in [6.45, 7) is 2.58. The summed E-state index contributed by atoms with van der Waals surface area (Å²) in [5.41, 5.74) is 1.50. The number of nitrogens with zero attached hydrogens (tertiary/aromatic N) is 4. The van der Waals surface area contributed by atoms with Crippen molar-refractivity contribution in [2.75, 3.05) is 36.0 Å². The number of rotatable bonds is 6. The maximum Gasteiger partial charge on any atom is 0.269 e. The minimum atomic E-state index is -0.484. The molecular formula is C26H24N4O5. The van der Waals surface area contributed by atoms with Crippen LogP contribution in [0.1, 0.15) is 6.42 Å². The zero-order chi connectivity index (χ0) is 24.4. The van der Waals surface area contributed by atoms with Crippen molar-refractivity contribution < 1.29 is 19.2 Å². The summed E-state index contributed by atoms with van der Waals surface area (Å²) in [5, 5.41) is 10.9. The van der Waals surface area contributed by atoms with E-state index in [2.05, 4.69) is 9.80 Å². The van der Waals surface area contributed by atoms with Gasteiger partial charge in [-0.3, -0.25) is 24.6 Å². The number of hydrogen-bond acceptors (Lipinski definition) is 7. The zero-order valence-corrected chi connectivity index (χ0v) is 18.9. The van der Waals surface area contributed by atoms with Gasteiger partial charge in [0.25, 0.3) is 11.6 Å². The molecule has 0 radical (unpaired) electrons. The highest BCUT2D eigenvalue weighted by atomic mass is 16.6.